The normalized spacial score (nSPS) is 12.3. The largest absolute Gasteiger partial charge is 3.00 e. The molecule has 0 spiro atoms. The maximum Gasteiger partial charge on any atom is 3.00 e. The summed E-state index contributed by atoms with van der Waals surface area (Å²) in [6, 6.07) is 7.91. The van der Waals surface area contributed by atoms with E-state index >= 15 is 0 Å². The molecule has 0 unspecified atom stereocenters. The maximum absolute atomic E-state index is 11.2. The monoisotopic (exact) mass is 457 g/mol. The van der Waals surface area contributed by atoms with Gasteiger partial charge in [-0.2, -0.15) is 0 Å². The molecule has 0 N–H and O–H groups in total. The zero-order valence-corrected chi connectivity index (χ0v) is 15.1. The van der Waals surface area contributed by atoms with Crippen LogP contribution in [0.25, 0.3) is 10.8 Å². The van der Waals surface area contributed by atoms with Gasteiger partial charge in [0.1, 0.15) is 20.2 Å². The van der Waals surface area contributed by atoms with Gasteiger partial charge in [0.15, 0.2) is 5.92 Å². The number of fused-ring (bicyclic) bond motifs is 1. The van der Waals surface area contributed by atoms with Gasteiger partial charge in [-0.1, -0.05) is 30.3 Å². The minimum Gasteiger partial charge on any atom is -0.744 e. The third kappa shape index (κ3) is 6.49. The molecule has 0 atom stereocenters. The van der Waals surface area contributed by atoms with Crippen LogP contribution in [0, 0.1) is 6.92 Å². The van der Waals surface area contributed by atoms with E-state index in [-0.39, 0.29) is 22.5 Å². The molecular weight excluding hydrogens is 448 g/mol. The summed E-state index contributed by atoms with van der Waals surface area (Å²) in [6.07, 6.45) is -3.65. The molecule has 13 heteroatoms. The van der Waals surface area contributed by atoms with Gasteiger partial charge in [0.05, 0.1) is 9.79 Å². The van der Waals surface area contributed by atoms with Crippen molar-refractivity contribution in [2.75, 3.05) is 0 Å². The van der Waals surface area contributed by atoms with Crippen molar-refractivity contribution >= 4 is 31.0 Å². The molecule has 2 rings (SSSR count). The van der Waals surface area contributed by atoms with Gasteiger partial charge in [-0.25, -0.2) is 34.4 Å². The van der Waals surface area contributed by atoms with Crippen molar-refractivity contribution in [1.82, 2.24) is 0 Å². The van der Waals surface area contributed by atoms with Crippen molar-refractivity contribution in [3.63, 3.8) is 0 Å². The van der Waals surface area contributed by atoms with Gasteiger partial charge >= 0.3 is 17.1 Å². The first-order chi connectivity index (χ1) is 11.2. The van der Waals surface area contributed by atoms with Crippen molar-refractivity contribution in [3.8, 4) is 0 Å². The van der Waals surface area contributed by atoms with E-state index in [1.165, 1.54) is 24.3 Å². The van der Waals surface area contributed by atoms with Crippen LogP contribution in [-0.2, 0) is 37.3 Å². The average Bonchev–Trinajstić information content (AvgIpc) is 2.43. The quantitative estimate of drug-likeness (QED) is 0.303. The van der Waals surface area contributed by atoms with Crippen LogP contribution in [0.2, 0.25) is 0 Å². The Morgan fingerprint density at radius 2 is 1.38 bits per heavy atom. The first-order valence-corrected chi connectivity index (χ1v) is 8.92. The second-order valence-corrected chi connectivity index (χ2v) is 7.25. The van der Waals surface area contributed by atoms with Crippen LogP contribution in [0.3, 0.4) is 0 Å². The van der Waals surface area contributed by atoms with Gasteiger partial charge < -0.3 is 9.11 Å². The molecule has 0 bridgehead atoms. The molecule has 6 nitrogen and oxygen atoms in total. The van der Waals surface area contributed by atoms with Crippen molar-refractivity contribution in [2.45, 2.75) is 22.1 Å². The minimum atomic E-state index is -5.07. The third-order valence-corrected chi connectivity index (χ3v) is 4.63. The summed E-state index contributed by atoms with van der Waals surface area (Å²) in [6.45, 7) is 1.89. The Labute approximate surface area is 157 Å². The predicted octanol–water partition coefficient (Wildman–Crippen LogP) is 2.37. The summed E-state index contributed by atoms with van der Waals surface area (Å²) in [4.78, 5) is -2.01. The minimum absolute atomic E-state index is 0. The Morgan fingerprint density at radius 1 is 0.923 bits per heavy atom. The molecule has 0 aliphatic carbocycles. The first kappa shape index (κ1) is 24.8. The van der Waals surface area contributed by atoms with E-state index in [2.05, 4.69) is 0 Å². The van der Waals surface area contributed by atoms with Crippen LogP contribution in [0.5, 0.6) is 0 Å². The summed E-state index contributed by atoms with van der Waals surface area (Å²) in [7, 11) is -10.1. The Bertz CT molecular complexity index is 972. The average molecular weight is 457 g/mol. The number of rotatable bonds is 3. The number of alkyl halides is 4. The molecule has 0 heterocycles. The summed E-state index contributed by atoms with van der Waals surface area (Å²) < 4.78 is 110. The van der Waals surface area contributed by atoms with Gasteiger partial charge in [-0.15, -0.1) is 0 Å². The molecule has 1 radical (unpaired) electrons. The van der Waals surface area contributed by atoms with Crippen molar-refractivity contribution in [2.24, 2.45) is 0 Å². The Morgan fingerprint density at radius 3 is 1.77 bits per heavy atom. The van der Waals surface area contributed by atoms with E-state index in [0.717, 1.165) is 6.07 Å². The Hall–Kier alpha value is -1.24. The summed E-state index contributed by atoms with van der Waals surface area (Å²) in [5.41, 5.74) is 0. The molecule has 26 heavy (non-hydrogen) atoms. The van der Waals surface area contributed by atoms with Crippen molar-refractivity contribution in [3.05, 3.63) is 43.3 Å². The topological polar surface area (TPSA) is 114 Å². The van der Waals surface area contributed by atoms with E-state index in [4.69, 9.17) is 0 Å². The van der Waals surface area contributed by atoms with Gasteiger partial charge in [-0.3, -0.25) is 6.92 Å². The zero-order valence-electron chi connectivity index (χ0n) is 12.4. The molecule has 0 aliphatic heterocycles. The van der Waals surface area contributed by atoms with E-state index in [1.54, 1.807) is 6.07 Å². The van der Waals surface area contributed by atoms with Crippen molar-refractivity contribution < 1.29 is 60.6 Å². The second kappa shape index (κ2) is 8.63. The van der Waals surface area contributed by atoms with Crippen LogP contribution >= 0.6 is 0 Å². The fourth-order valence-electron chi connectivity index (χ4n) is 1.68. The number of hydrogen-bond acceptors (Lipinski definition) is 6. The molecule has 0 aliphatic rings. The van der Waals surface area contributed by atoms with E-state index in [0.29, 0.717) is 5.39 Å². The molecule has 145 valence electrons. The third-order valence-electron chi connectivity index (χ3n) is 2.68. The van der Waals surface area contributed by atoms with Crippen LogP contribution in [0.4, 0.5) is 17.6 Å². The Kier molecular flexibility index (Phi) is 8.22. The fourth-order valence-corrected chi connectivity index (χ4v) is 3.63. The van der Waals surface area contributed by atoms with Crippen LogP contribution in [0.1, 0.15) is 0 Å². The Balaban J connectivity index is 0.000000673. The van der Waals surface area contributed by atoms with Crippen molar-refractivity contribution in [1.29, 1.82) is 0 Å². The van der Waals surface area contributed by atoms with Gasteiger partial charge in [0.25, 0.3) is 6.43 Å². The molecule has 0 saturated carbocycles. The number of halogens is 4. The molecule has 0 amide bonds. The molecule has 0 fully saturated rings. The molecule has 2 aromatic rings. The SMILES string of the molecule is O=S(=O)([O-])c1ccc2ccccc2c1S(=O)(=O)[O-].[CH2-]C(F)(F)C(F)F.[Fe+3]. The zero-order chi connectivity index (χ0) is 19.6. The van der Waals surface area contributed by atoms with E-state index in [1.807, 2.05) is 6.92 Å². The van der Waals surface area contributed by atoms with Crippen LogP contribution < -0.4 is 0 Å². The first-order valence-electron chi connectivity index (χ1n) is 6.10. The number of benzene rings is 2. The standard InChI is InChI=1S/C10H8O6S2.C3H3F4.Fe/c11-17(12,13)9-6-5-7-3-1-2-4-8(7)10(9)18(14,15)16;1-3(6,7)2(4)5;/h1-6H,(H,11,12,13)(H,14,15,16);2H,1H2;/q;-1;+3/p-2. The fraction of sp³-hybridized carbons (Fsp3) is 0.154. The smallest absolute Gasteiger partial charge is 0.744 e. The molecule has 0 aromatic heterocycles. The molecule has 2 aromatic carbocycles. The van der Waals surface area contributed by atoms with Gasteiger partial charge in [-0.05, 0) is 11.5 Å². The summed E-state index contributed by atoms with van der Waals surface area (Å²) in [5.74, 6) is -4.08. The van der Waals surface area contributed by atoms with E-state index in [9.17, 15) is 43.5 Å². The predicted molar refractivity (Wildman–Crippen MR) is 76.2 cm³/mol. The van der Waals surface area contributed by atoms with E-state index < -0.39 is 42.4 Å². The molecular formula is C13H9F4FeO6S2. The van der Waals surface area contributed by atoms with Gasteiger partial charge in [0.2, 0.25) is 0 Å². The van der Waals surface area contributed by atoms with Gasteiger partial charge in [0, 0.05) is 5.39 Å². The maximum atomic E-state index is 11.2. The summed E-state index contributed by atoms with van der Waals surface area (Å²) >= 11 is 0. The second-order valence-electron chi connectivity index (χ2n) is 4.58. The van der Waals surface area contributed by atoms with Crippen LogP contribution in [0.15, 0.2) is 46.2 Å². The summed E-state index contributed by atoms with van der Waals surface area (Å²) in [5, 5.41) is 0.281. The van der Waals surface area contributed by atoms with Crippen LogP contribution in [-0.4, -0.2) is 38.3 Å². The molecule has 0 saturated heterocycles. The number of hydrogen-bond donors (Lipinski definition) is 0.